The molecule has 1 aliphatic carbocycles. The minimum absolute atomic E-state index is 0.0629. The van der Waals surface area contributed by atoms with E-state index in [9.17, 15) is 14.0 Å². The predicted molar refractivity (Wildman–Crippen MR) is 135 cm³/mol. The standard InChI is InChI=1S/C26H22FN3O2S2/c1-14-10-15(2)12-17(11-14)19-13-20(19)24(32)30-26-28-22(21-4-3-9-33-21)25(34-26)29-23(31)16-5-7-18(27)8-6-16/h3-12,19-20H,13H2,1-2H3,(H,29,31)(H,28,30,32). The number of rotatable bonds is 6. The second kappa shape index (κ2) is 9.12. The maximum atomic E-state index is 13.2. The Balaban J connectivity index is 1.34. The van der Waals surface area contributed by atoms with Crippen molar-refractivity contribution >= 4 is 44.6 Å². The number of carbonyl (C=O) groups excluding carboxylic acids is 2. The zero-order valence-corrected chi connectivity index (χ0v) is 20.2. The van der Waals surface area contributed by atoms with Gasteiger partial charge >= 0.3 is 0 Å². The summed E-state index contributed by atoms with van der Waals surface area (Å²) >= 11 is 2.71. The molecule has 0 radical (unpaired) electrons. The molecule has 172 valence electrons. The summed E-state index contributed by atoms with van der Waals surface area (Å²) in [5.41, 5.74) is 4.54. The van der Waals surface area contributed by atoms with Gasteiger partial charge in [0.25, 0.3) is 5.91 Å². The molecular weight excluding hydrogens is 469 g/mol. The highest BCUT2D eigenvalue weighted by Gasteiger charge is 2.44. The Bertz CT molecular complexity index is 1340. The van der Waals surface area contributed by atoms with Gasteiger partial charge in [-0.25, -0.2) is 9.37 Å². The lowest BCUT2D eigenvalue weighted by atomic mass is 10.0. The first-order valence-corrected chi connectivity index (χ1v) is 12.6. The van der Waals surface area contributed by atoms with Crippen molar-refractivity contribution in [2.75, 3.05) is 10.6 Å². The molecule has 0 saturated heterocycles. The monoisotopic (exact) mass is 491 g/mol. The molecular formula is C26H22FN3O2S2. The molecule has 5 nitrogen and oxygen atoms in total. The molecule has 2 aromatic heterocycles. The van der Waals surface area contributed by atoms with Crippen LogP contribution in [0.25, 0.3) is 10.6 Å². The molecule has 1 saturated carbocycles. The number of halogens is 1. The highest BCUT2D eigenvalue weighted by atomic mass is 32.1. The Morgan fingerprint density at radius 3 is 2.44 bits per heavy atom. The molecule has 2 amide bonds. The number of benzene rings is 2. The van der Waals surface area contributed by atoms with Gasteiger partial charge in [-0.1, -0.05) is 46.7 Å². The van der Waals surface area contributed by atoms with E-state index in [1.54, 1.807) is 0 Å². The third-order valence-electron chi connectivity index (χ3n) is 5.74. The van der Waals surface area contributed by atoms with Crippen molar-refractivity contribution in [2.45, 2.75) is 26.2 Å². The Morgan fingerprint density at radius 2 is 1.76 bits per heavy atom. The molecule has 2 N–H and O–H groups in total. The minimum atomic E-state index is -0.405. The van der Waals surface area contributed by atoms with Gasteiger partial charge in [-0.15, -0.1) is 11.3 Å². The number of thiazole rings is 1. The van der Waals surface area contributed by atoms with Crippen molar-refractivity contribution in [2.24, 2.45) is 5.92 Å². The van der Waals surface area contributed by atoms with E-state index in [-0.39, 0.29) is 23.7 Å². The second-order valence-corrected chi connectivity index (χ2v) is 10.4. The quantitative estimate of drug-likeness (QED) is 0.318. The highest BCUT2D eigenvalue weighted by Crippen LogP contribution is 2.49. The number of hydrogen-bond donors (Lipinski definition) is 2. The van der Waals surface area contributed by atoms with Crippen LogP contribution in [0.2, 0.25) is 0 Å². The maximum Gasteiger partial charge on any atom is 0.256 e. The van der Waals surface area contributed by atoms with Crippen LogP contribution in [0.5, 0.6) is 0 Å². The molecule has 2 unspecified atom stereocenters. The molecule has 2 atom stereocenters. The number of amides is 2. The lowest BCUT2D eigenvalue weighted by Crippen LogP contribution is -2.14. The van der Waals surface area contributed by atoms with Gasteiger partial charge in [0.05, 0.1) is 4.88 Å². The SMILES string of the molecule is Cc1cc(C)cc(C2CC2C(=O)Nc2nc(-c3cccs3)c(NC(=O)c3ccc(F)cc3)s2)c1. The van der Waals surface area contributed by atoms with E-state index in [2.05, 4.69) is 47.7 Å². The highest BCUT2D eigenvalue weighted by molar-refractivity contribution is 7.21. The van der Waals surface area contributed by atoms with Crippen LogP contribution in [-0.4, -0.2) is 16.8 Å². The first-order chi connectivity index (χ1) is 16.4. The Kier molecular flexibility index (Phi) is 6.02. The minimum Gasteiger partial charge on any atom is -0.312 e. The number of nitrogens with one attached hydrogen (secondary N) is 2. The van der Waals surface area contributed by atoms with Gasteiger partial charge in [-0.3, -0.25) is 9.59 Å². The van der Waals surface area contributed by atoms with Gasteiger partial charge < -0.3 is 10.6 Å². The van der Waals surface area contributed by atoms with E-state index < -0.39 is 5.82 Å². The molecule has 0 bridgehead atoms. The van der Waals surface area contributed by atoms with Crippen LogP contribution >= 0.6 is 22.7 Å². The van der Waals surface area contributed by atoms with Crippen LogP contribution < -0.4 is 10.6 Å². The van der Waals surface area contributed by atoms with Crippen LogP contribution in [0, 0.1) is 25.6 Å². The summed E-state index contributed by atoms with van der Waals surface area (Å²) < 4.78 is 13.2. The number of anilines is 2. The van der Waals surface area contributed by atoms with Crippen molar-refractivity contribution in [3.8, 4) is 10.6 Å². The summed E-state index contributed by atoms with van der Waals surface area (Å²) in [4.78, 5) is 31.2. The summed E-state index contributed by atoms with van der Waals surface area (Å²) in [7, 11) is 0. The van der Waals surface area contributed by atoms with Crippen molar-refractivity contribution in [1.29, 1.82) is 0 Å². The molecule has 2 heterocycles. The zero-order chi connectivity index (χ0) is 23.8. The fraction of sp³-hybridized carbons (Fsp3) is 0.192. The van der Waals surface area contributed by atoms with Gasteiger partial charge in [0.15, 0.2) is 5.13 Å². The van der Waals surface area contributed by atoms with Crippen LogP contribution in [0.1, 0.15) is 39.4 Å². The molecule has 2 aromatic carbocycles. The Hall–Kier alpha value is -3.36. The average molecular weight is 492 g/mol. The third kappa shape index (κ3) is 4.78. The van der Waals surface area contributed by atoms with E-state index in [0.29, 0.717) is 21.4 Å². The molecule has 8 heteroatoms. The Morgan fingerprint density at radius 1 is 1.03 bits per heavy atom. The van der Waals surface area contributed by atoms with E-state index in [1.807, 2.05) is 17.5 Å². The van der Waals surface area contributed by atoms with Gasteiger partial charge in [-0.05, 0) is 67.5 Å². The van der Waals surface area contributed by atoms with E-state index in [1.165, 1.54) is 63.6 Å². The smallest absolute Gasteiger partial charge is 0.256 e. The van der Waals surface area contributed by atoms with Gasteiger partial charge in [0, 0.05) is 11.5 Å². The average Bonchev–Trinajstić information content (AvgIpc) is 3.23. The number of nitrogens with zero attached hydrogens (tertiary/aromatic N) is 1. The van der Waals surface area contributed by atoms with Gasteiger partial charge in [0.1, 0.15) is 16.5 Å². The van der Waals surface area contributed by atoms with Gasteiger partial charge in [0.2, 0.25) is 5.91 Å². The normalized spacial score (nSPS) is 16.8. The fourth-order valence-electron chi connectivity index (χ4n) is 4.09. The number of thiophene rings is 1. The fourth-order valence-corrected chi connectivity index (χ4v) is 5.75. The summed E-state index contributed by atoms with van der Waals surface area (Å²) in [5, 5.41) is 8.72. The molecule has 0 aliphatic heterocycles. The first kappa shape index (κ1) is 22.4. The van der Waals surface area contributed by atoms with Crippen molar-refractivity contribution < 1.29 is 14.0 Å². The van der Waals surface area contributed by atoms with E-state index in [4.69, 9.17) is 0 Å². The van der Waals surface area contributed by atoms with Crippen molar-refractivity contribution in [3.05, 3.63) is 88.0 Å². The third-order valence-corrected chi connectivity index (χ3v) is 7.51. The Labute approximate surface area is 204 Å². The molecule has 1 fully saturated rings. The largest absolute Gasteiger partial charge is 0.312 e. The number of aromatic nitrogens is 1. The van der Waals surface area contributed by atoms with Crippen molar-refractivity contribution in [1.82, 2.24) is 4.98 Å². The van der Waals surface area contributed by atoms with E-state index in [0.717, 1.165) is 11.3 Å². The van der Waals surface area contributed by atoms with Gasteiger partial charge in [-0.2, -0.15) is 0 Å². The lowest BCUT2D eigenvalue weighted by Gasteiger charge is -2.05. The number of aryl methyl sites for hydroxylation is 2. The molecule has 5 rings (SSSR count). The summed E-state index contributed by atoms with van der Waals surface area (Å²) in [5.74, 6) is -0.707. The predicted octanol–water partition coefficient (Wildman–Crippen LogP) is 6.62. The van der Waals surface area contributed by atoms with Crippen LogP contribution in [-0.2, 0) is 4.79 Å². The van der Waals surface area contributed by atoms with Crippen molar-refractivity contribution in [3.63, 3.8) is 0 Å². The molecule has 34 heavy (non-hydrogen) atoms. The number of hydrogen-bond acceptors (Lipinski definition) is 5. The topological polar surface area (TPSA) is 71.1 Å². The maximum absolute atomic E-state index is 13.2. The first-order valence-electron chi connectivity index (χ1n) is 10.9. The number of carbonyl (C=O) groups is 2. The summed E-state index contributed by atoms with van der Waals surface area (Å²) in [6.07, 6.45) is 0.812. The lowest BCUT2D eigenvalue weighted by molar-refractivity contribution is -0.117. The molecule has 0 spiro atoms. The second-order valence-electron chi connectivity index (χ2n) is 8.49. The van der Waals surface area contributed by atoms with Crippen LogP contribution in [0.3, 0.4) is 0 Å². The molecule has 1 aliphatic rings. The van der Waals surface area contributed by atoms with E-state index >= 15 is 0 Å². The van der Waals surface area contributed by atoms with Crippen LogP contribution in [0.4, 0.5) is 14.5 Å². The van der Waals surface area contributed by atoms with Crippen LogP contribution in [0.15, 0.2) is 60.0 Å². The molecule has 4 aromatic rings. The summed E-state index contributed by atoms with van der Waals surface area (Å²) in [6.45, 7) is 4.13. The zero-order valence-electron chi connectivity index (χ0n) is 18.6. The summed E-state index contributed by atoms with van der Waals surface area (Å²) in [6, 6.07) is 15.6.